The summed E-state index contributed by atoms with van der Waals surface area (Å²) in [6, 6.07) is 5.99. The zero-order valence-corrected chi connectivity index (χ0v) is 11.3. The summed E-state index contributed by atoms with van der Waals surface area (Å²) in [5.74, 6) is 0. The van der Waals surface area contributed by atoms with Crippen molar-refractivity contribution in [2.75, 3.05) is 5.32 Å². The molecule has 2 rings (SSSR count). The molecule has 0 aromatic carbocycles. The first kappa shape index (κ1) is 13.0. The summed E-state index contributed by atoms with van der Waals surface area (Å²) in [5.41, 5.74) is 3.82. The molecule has 3 nitrogen and oxygen atoms in total. The third-order valence-electron chi connectivity index (χ3n) is 2.78. The molecule has 96 valence electrons. The summed E-state index contributed by atoms with van der Waals surface area (Å²) in [5, 5.41) is 4.95. The Hall–Kier alpha value is -2.42. The van der Waals surface area contributed by atoms with Crippen molar-refractivity contribution in [1.82, 2.24) is 9.97 Å². The van der Waals surface area contributed by atoms with Crippen LogP contribution in [0.15, 0.2) is 31.0 Å². The molecule has 0 amide bonds. The molecule has 0 atom stereocenters. The molecule has 0 spiro atoms. The standard InChI is InChI=1S/C16H17N3/c1-5-15-16(7-6-12(3)19-15)18-10-14-8-11(2)9-17-13(14)4/h5-10,18H,1,4H2,2-3H3/b14-10+. The van der Waals surface area contributed by atoms with Crippen molar-refractivity contribution >= 4 is 24.5 Å². The number of hydrogen-bond donors (Lipinski definition) is 1. The zero-order valence-electron chi connectivity index (χ0n) is 11.3. The van der Waals surface area contributed by atoms with Gasteiger partial charge in [0.2, 0.25) is 0 Å². The van der Waals surface area contributed by atoms with E-state index in [0.717, 1.165) is 33.2 Å². The van der Waals surface area contributed by atoms with E-state index in [1.54, 1.807) is 6.08 Å². The average Bonchev–Trinajstić information content (AvgIpc) is 2.40. The van der Waals surface area contributed by atoms with E-state index in [0.29, 0.717) is 0 Å². The van der Waals surface area contributed by atoms with Gasteiger partial charge in [-0.05, 0) is 43.7 Å². The molecule has 0 saturated carbocycles. The highest BCUT2D eigenvalue weighted by molar-refractivity contribution is 5.66. The zero-order chi connectivity index (χ0) is 13.8. The lowest BCUT2D eigenvalue weighted by atomic mass is 10.2. The molecule has 19 heavy (non-hydrogen) atoms. The Morgan fingerprint density at radius 3 is 2.79 bits per heavy atom. The lowest BCUT2D eigenvalue weighted by Gasteiger charge is -2.05. The summed E-state index contributed by atoms with van der Waals surface area (Å²) < 4.78 is 0. The minimum atomic E-state index is 0.748. The van der Waals surface area contributed by atoms with Gasteiger partial charge >= 0.3 is 0 Å². The fourth-order valence-corrected chi connectivity index (χ4v) is 1.76. The van der Waals surface area contributed by atoms with E-state index >= 15 is 0 Å². The average molecular weight is 251 g/mol. The molecule has 0 aliphatic rings. The van der Waals surface area contributed by atoms with Crippen LogP contribution in [0.1, 0.15) is 17.0 Å². The molecular formula is C16H17N3. The van der Waals surface area contributed by atoms with Gasteiger partial charge < -0.3 is 5.32 Å². The number of aryl methyl sites for hydroxylation is 2. The second-order valence-electron chi connectivity index (χ2n) is 4.43. The van der Waals surface area contributed by atoms with Crippen LogP contribution in [0.25, 0.3) is 18.9 Å². The Kier molecular flexibility index (Phi) is 3.76. The molecular weight excluding hydrogens is 234 g/mol. The Morgan fingerprint density at radius 2 is 2.05 bits per heavy atom. The van der Waals surface area contributed by atoms with Gasteiger partial charge in [-0.3, -0.25) is 9.97 Å². The van der Waals surface area contributed by atoms with Gasteiger partial charge in [0.25, 0.3) is 0 Å². The largest absolute Gasteiger partial charge is 0.359 e. The quantitative estimate of drug-likeness (QED) is 0.906. The summed E-state index contributed by atoms with van der Waals surface area (Å²) >= 11 is 0. The maximum Gasteiger partial charge on any atom is 0.0861 e. The molecule has 2 aromatic heterocycles. The van der Waals surface area contributed by atoms with Crippen LogP contribution in [0.4, 0.5) is 5.69 Å². The van der Waals surface area contributed by atoms with E-state index in [4.69, 9.17) is 0 Å². The van der Waals surface area contributed by atoms with Crippen molar-refractivity contribution in [3.63, 3.8) is 0 Å². The predicted molar refractivity (Wildman–Crippen MR) is 80.9 cm³/mol. The van der Waals surface area contributed by atoms with Gasteiger partial charge in [0.1, 0.15) is 0 Å². The van der Waals surface area contributed by atoms with Crippen molar-refractivity contribution in [1.29, 1.82) is 0 Å². The number of nitrogens with zero attached hydrogens (tertiary/aromatic N) is 2. The van der Waals surface area contributed by atoms with Gasteiger partial charge in [0.15, 0.2) is 0 Å². The lowest BCUT2D eigenvalue weighted by Crippen LogP contribution is -2.27. The molecule has 0 bridgehead atoms. The van der Waals surface area contributed by atoms with Crippen molar-refractivity contribution < 1.29 is 0 Å². The monoisotopic (exact) mass is 251 g/mol. The Labute approximate surface area is 113 Å². The fraction of sp³-hybridized carbons (Fsp3) is 0.125. The van der Waals surface area contributed by atoms with Crippen LogP contribution in [0.2, 0.25) is 0 Å². The highest BCUT2D eigenvalue weighted by Crippen LogP contribution is 2.14. The highest BCUT2D eigenvalue weighted by Gasteiger charge is 1.98. The second kappa shape index (κ2) is 5.48. The van der Waals surface area contributed by atoms with E-state index in [9.17, 15) is 0 Å². The second-order valence-corrected chi connectivity index (χ2v) is 4.43. The lowest BCUT2D eigenvalue weighted by molar-refractivity contribution is 1.18. The summed E-state index contributed by atoms with van der Waals surface area (Å²) in [6.45, 7) is 11.7. The number of aromatic nitrogens is 2. The molecule has 0 fully saturated rings. The first-order chi connectivity index (χ1) is 9.10. The van der Waals surface area contributed by atoms with Gasteiger partial charge in [-0.2, -0.15) is 0 Å². The number of hydrogen-bond acceptors (Lipinski definition) is 3. The van der Waals surface area contributed by atoms with E-state index in [1.165, 1.54) is 0 Å². The molecule has 2 aromatic rings. The van der Waals surface area contributed by atoms with Gasteiger partial charge in [-0.1, -0.05) is 13.2 Å². The van der Waals surface area contributed by atoms with E-state index < -0.39 is 0 Å². The third-order valence-corrected chi connectivity index (χ3v) is 2.78. The Bertz CT molecular complexity index is 717. The number of anilines is 1. The Balaban J connectivity index is 2.39. The van der Waals surface area contributed by atoms with E-state index in [2.05, 4.69) is 28.4 Å². The van der Waals surface area contributed by atoms with Crippen LogP contribution in [-0.2, 0) is 0 Å². The number of rotatable bonds is 3. The van der Waals surface area contributed by atoms with Crippen LogP contribution in [0.3, 0.4) is 0 Å². The molecule has 0 radical (unpaired) electrons. The van der Waals surface area contributed by atoms with Crippen LogP contribution in [-0.4, -0.2) is 9.97 Å². The predicted octanol–water partition coefficient (Wildman–Crippen LogP) is 2.00. The molecule has 0 aliphatic heterocycles. The molecule has 0 aliphatic carbocycles. The summed E-state index contributed by atoms with van der Waals surface area (Å²) in [7, 11) is 0. The highest BCUT2D eigenvalue weighted by atomic mass is 14.9. The summed E-state index contributed by atoms with van der Waals surface area (Å²) in [4.78, 5) is 8.64. The molecule has 0 unspecified atom stereocenters. The number of pyridine rings is 2. The Morgan fingerprint density at radius 1 is 1.26 bits per heavy atom. The van der Waals surface area contributed by atoms with Crippen LogP contribution >= 0.6 is 0 Å². The minimum absolute atomic E-state index is 0.748. The van der Waals surface area contributed by atoms with Crippen molar-refractivity contribution in [3.05, 3.63) is 58.5 Å². The first-order valence-electron chi connectivity index (χ1n) is 6.08. The fourth-order valence-electron chi connectivity index (χ4n) is 1.76. The topological polar surface area (TPSA) is 37.8 Å². The van der Waals surface area contributed by atoms with Gasteiger partial charge in [0, 0.05) is 23.3 Å². The first-order valence-corrected chi connectivity index (χ1v) is 6.08. The maximum atomic E-state index is 4.41. The molecule has 3 heteroatoms. The van der Waals surface area contributed by atoms with E-state index in [1.807, 2.05) is 44.4 Å². The van der Waals surface area contributed by atoms with Crippen molar-refractivity contribution in [2.24, 2.45) is 0 Å². The molecule has 2 heterocycles. The van der Waals surface area contributed by atoms with E-state index in [-0.39, 0.29) is 0 Å². The summed E-state index contributed by atoms with van der Waals surface area (Å²) in [6.07, 6.45) is 5.44. The van der Waals surface area contributed by atoms with Crippen LogP contribution in [0, 0.1) is 13.8 Å². The van der Waals surface area contributed by atoms with Gasteiger partial charge in [0.05, 0.1) is 16.7 Å². The smallest absolute Gasteiger partial charge is 0.0861 e. The van der Waals surface area contributed by atoms with Crippen molar-refractivity contribution in [3.8, 4) is 0 Å². The van der Waals surface area contributed by atoms with Gasteiger partial charge in [-0.25, -0.2) is 0 Å². The third kappa shape index (κ3) is 3.07. The van der Waals surface area contributed by atoms with Gasteiger partial charge in [-0.15, -0.1) is 0 Å². The minimum Gasteiger partial charge on any atom is -0.359 e. The SMILES string of the molecule is C=Cc1nc(C)ccc1N/C=c1\cc(C)cnc1=C. The molecule has 0 saturated heterocycles. The normalized spacial score (nSPS) is 11.4. The number of nitrogens with one attached hydrogen (secondary N) is 1. The maximum absolute atomic E-state index is 4.41. The molecule has 1 N–H and O–H groups in total. The van der Waals surface area contributed by atoms with Crippen molar-refractivity contribution in [2.45, 2.75) is 13.8 Å². The van der Waals surface area contributed by atoms with Crippen LogP contribution < -0.4 is 15.9 Å². The van der Waals surface area contributed by atoms with Crippen LogP contribution in [0.5, 0.6) is 0 Å².